The van der Waals surface area contributed by atoms with Gasteiger partial charge in [-0.2, -0.15) is 0 Å². The van der Waals surface area contributed by atoms with Crippen molar-refractivity contribution in [2.75, 3.05) is 0 Å². The van der Waals surface area contributed by atoms with Crippen LogP contribution in [0.1, 0.15) is 5.56 Å². The summed E-state index contributed by atoms with van der Waals surface area (Å²) in [6.45, 7) is 2.15. The lowest BCUT2D eigenvalue weighted by molar-refractivity contribution is 1.19. The Morgan fingerprint density at radius 2 is 1.13 bits per heavy atom. The third-order valence-electron chi connectivity index (χ3n) is 7.83. The third kappa shape index (κ3) is 3.53. The number of para-hydroxylation sites is 1. The second-order valence-electron chi connectivity index (χ2n) is 10.3. The normalized spacial score (nSPS) is 11.7. The Kier molecular flexibility index (Phi) is 4.98. The van der Waals surface area contributed by atoms with Gasteiger partial charge in [0.15, 0.2) is 0 Å². The van der Waals surface area contributed by atoms with Gasteiger partial charge in [-0.05, 0) is 59.5 Å². The van der Waals surface area contributed by atoms with Gasteiger partial charge in [0.05, 0.1) is 15.7 Å². The Bertz CT molecular complexity index is 2190. The summed E-state index contributed by atoms with van der Waals surface area (Å²) in [6, 6.07) is 48.8. The molecule has 8 aromatic rings. The van der Waals surface area contributed by atoms with E-state index in [9.17, 15) is 0 Å². The van der Waals surface area contributed by atoms with Crippen LogP contribution in [0.25, 0.3) is 69.9 Å². The van der Waals surface area contributed by atoms with Crippen LogP contribution in [0.4, 0.5) is 0 Å². The van der Waals surface area contributed by atoms with Gasteiger partial charge in [-0.25, -0.2) is 0 Å². The maximum atomic E-state index is 2.47. The van der Waals surface area contributed by atoms with E-state index in [2.05, 4.69) is 145 Å². The van der Waals surface area contributed by atoms with Crippen LogP contribution in [0.5, 0.6) is 0 Å². The number of nitrogens with zero attached hydrogens (tertiary/aromatic N) is 1. The molecule has 0 fully saturated rings. The Morgan fingerprint density at radius 1 is 0.487 bits per heavy atom. The van der Waals surface area contributed by atoms with Crippen molar-refractivity contribution in [1.29, 1.82) is 0 Å². The highest BCUT2D eigenvalue weighted by Crippen LogP contribution is 2.43. The van der Waals surface area contributed by atoms with Crippen molar-refractivity contribution >= 4 is 53.3 Å². The van der Waals surface area contributed by atoms with Crippen LogP contribution in [-0.2, 0) is 0 Å². The van der Waals surface area contributed by atoms with Crippen molar-refractivity contribution in [2.45, 2.75) is 6.92 Å². The van der Waals surface area contributed by atoms with E-state index >= 15 is 0 Å². The van der Waals surface area contributed by atoms with Gasteiger partial charge in [-0.3, -0.25) is 0 Å². The van der Waals surface area contributed by atoms with Gasteiger partial charge < -0.3 is 4.57 Å². The molecule has 0 unspecified atom stereocenters. The minimum Gasteiger partial charge on any atom is -0.308 e. The van der Waals surface area contributed by atoms with E-state index in [1.54, 1.807) is 0 Å². The highest BCUT2D eigenvalue weighted by Gasteiger charge is 2.17. The van der Waals surface area contributed by atoms with Crippen molar-refractivity contribution < 1.29 is 0 Å². The molecule has 0 bridgehead atoms. The Morgan fingerprint density at radius 3 is 1.95 bits per heavy atom. The standard InChI is InChI=1S/C37H25NS/c1-24-9-6-10-25(21-24)26-11-7-12-27(22-26)28-13-8-14-29(23-28)38-34-17-4-2-15-30(34)32-19-20-33-31-16-3-5-18-35(31)39-37(33)36(32)38/h2-23H,1H3. The summed E-state index contributed by atoms with van der Waals surface area (Å²) in [5, 5.41) is 5.25. The van der Waals surface area contributed by atoms with Crippen molar-refractivity contribution in [3.05, 3.63) is 139 Å². The monoisotopic (exact) mass is 515 g/mol. The lowest BCUT2D eigenvalue weighted by atomic mass is 9.98. The first-order chi connectivity index (χ1) is 19.2. The summed E-state index contributed by atoms with van der Waals surface area (Å²) in [5.41, 5.74) is 9.93. The molecule has 8 rings (SSSR count). The van der Waals surface area contributed by atoms with Crippen molar-refractivity contribution in [3.63, 3.8) is 0 Å². The molecule has 0 N–H and O–H groups in total. The molecule has 39 heavy (non-hydrogen) atoms. The summed E-state index contributed by atoms with van der Waals surface area (Å²) in [5.74, 6) is 0. The summed E-state index contributed by atoms with van der Waals surface area (Å²) >= 11 is 1.90. The quantitative estimate of drug-likeness (QED) is 0.220. The largest absolute Gasteiger partial charge is 0.308 e. The Hall–Kier alpha value is -4.66. The zero-order valence-corrected chi connectivity index (χ0v) is 22.4. The number of thiophene rings is 1. The van der Waals surface area contributed by atoms with Gasteiger partial charge in [0, 0.05) is 31.9 Å². The molecule has 0 aliphatic rings. The van der Waals surface area contributed by atoms with E-state index in [1.807, 2.05) is 11.3 Å². The second-order valence-corrected chi connectivity index (χ2v) is 11.3. The molecular weight excluding hydrogens is 490 g/mol. The van der Waals surface area contributed by atoms with E-state index in [1.165, 1.54) is 75.5 Å². The van der Waals surface area contributed by atoms with Crippen LogP contribution in [-0.4, -0.2) is 4.57 Å². The number of fused-ring (bicyclic) bond motifs is 7. The van der Waals surface area contributed by atoms with Crippen LogP contribution in [0.2, 0.25) is 0 Å². The van der Waals surface area contributed by atoms with Crippen LogP contribution in [0.15, 0.2) is 133 Å². The molecule has 0 aliphatic heterocycles. The fraction of sp³-hybridized carbons (Fsp3) is 0.0270. The van der Waals surface area contributed by atoms with Gasteiger partial charge in [0.2, 0.25) is 0 Å². The molecule has 2 aromatic heterocycles. The zero-order chi connectivity index (χ0) is 25.9. The first kappa shape index (κ1) is 22.3. The lowest BCUT2D eigenvalue weighted by Crippen LogP contribution is -1.94. The molecule has 0 radical (unpaired) electrons. The maximum absolute atomic E-state index is 2.47. The predicted molar refractivity (Wildman–Crippen MR) is 169 cm³/mol. The molecule has 0 aliphatic carbocycles. The molecule has 184 valence electrons. The van der Waals surface area contributed by atoms with Crippen molar-refractivity contribution in [3.8, 4) is 27.9 Å². The molecule has 0 spiro atoms. The van der Waals surface area contributed by atoms with Crippen LogP contribution in [0, 0.1) is 6.92 Å². The predicted octanol–water partition coefficient (Wildman–Crippen LogP) is 10.8. The molecule has 0 saturated heterocycles. The minimum absolute atomic E-state index is 1.18. The molecule has 6 aromatic carbocycles. The van der Waals surface area contributed by atoms with Gasteiger partial charge >= 0.3 is 0 Å². The first-order valence-electron chi connectivity index (χ1n) is 13.4. The summed E-state index contributed by atoms with van der Waals surface area (Å²) in [6.07, 6.45) is 0. The van der Waals surface area contributed by atoms with Crippen molar-refractivity contribution in [1.82, 2.24) is 4.57 Å². The van der Waals surface area contributed by atoms with E-state index in [0.717, 1.165) is 0 Å². The molecular formula is C37H25NS. The number of benzene rings is 6. The maximum Gasteiger partial charge on any atom is 0.0719 e. The van der Waals surface area contributed by atoms with Crippen molar-refractivity contribution in [2.24, 2.45) is 0 Å². The smallest absolute Gasteiger partial charge is 0.0719 e. The molecule has 0 saturated carbocycles. The molecule has 0 amide bonds. The van der Waals surface area contributed by atoms with Crippen LogP contribution in [0.3, 0.4) is 0 Å². The third-order valence-corrected chi connectivity index (χ3v) is 9.02. The zero-order valence-electron chi connectivity index (χ0n) is 21.6. The second kappa shape index (κ2) is 8.69. The van der Waals surface area contributed by atoms with E-state index in [0.29, 0.717) is 0 Å². The Labute approximate surface area is 231 Å². The molecule has 0 atom stereocenters. The highest BCUT2D eigenvalue weighted by molar-refractivity contribution is 7.26. The highest BCUT2D eigenvalue weighted by atomic mass is 32.1. The Balaban J connectivity index is 1.37. The minimum atomic E-state index is 1.18. The summed E-state index contributed by atoms with van der Waals surface area (Å²) < 4.78 is 5.14. The van der Waals surface area contributed by atoms with Crippen LogP contribution < -0.4 is 0 Å². The molecule has 2 heteroatoms. The lowest BCUT2D eigenvalue weighted by Gasteiger charge is -2.12. The van der Waals surface area contributed by atoms with Gasteiger partial charge in [0.1, 0.15) is 0 Å². The van der Waals surface area contributed by atoms with Crippen LogP contribution >= 0.6 is 11.3 Å². The number of aryl methyl sites for hydroxylation is 1. The van der Waals surface area contributed by atoms with Gasteiger partial charge in [0.25, 0.3) is 0 Å². The average molecular weight is 516 g/mol. The van der Waals surface area contributed by atoms with Gasteiger partial charge in [-0.1, -0.05) is 109 Å². The first-order valence-corrected chi connectivity index (χ1v) is 14.2. The van der Waals surface area contributed by atoms with E-state index in [-0.39, 0.29) is 0 Å². The summed E-state index contributed by atoms with van der Waals surface area (Å²) in [7, 11) is 0. The molecule has 1 nitrogen and oxygen atoms in total. The number of hydrogen-bond acceptors (Lipinski definition) is 1. The number of hydrogen-bond donors (Lipinski definition) is 0. The number of aromatic nitrogens is 1. The summed E-state index contributed by atoms with van der Waals surface area (Å²) in [4.78, 5) is 0. The van der Waals surface area contributed by atoms with E-state index < -0.39 is 0 Å². The van der Waals surface area contributed by atoms with E-state index in [4.69, 9.17) is 0 Å². The fourth-order valence-electron chi connectivity index (χ4n) is 6.03. The topological polar surface area (TPSA) is 4.93 Å². The SMILES string of the molecule is Cc1cccc(-c2cccc(-c3cccc(-n4c5ccccc5c5ccc6c7ccccc7sc6c54)c3)c2)c1. The fourth-order valence-corrected chi connectivity index (χ4v) is 7.27. The molecule has 2 heterocycles. The average Bonchev–Trinajstić information content (AvgIpc) is 3.53. The number of rotatable bonds is 3. The van der Waals surface area contributed by atoms with Gasteiger partial charge in [-0.15, -0.1) is 11.3 Å².